The number of ether oxygens (including phenoxy) is 1. The molecule has 17 heavy (non-hydrogen) atoms. The third-order valence-corrected chi connectivity index (χ3v) is 3.52. The normalized spacial score (nSPS) is 22.4. The van der Waals surface area contributed by atoms with Crippen molar-refractivity contribution in [3.8, 4) is 0 Å². The number of carbonyl (C=O) groups excluding carboxylic acids is 1. The molecule has 0 aliphatic carbocycles. The van der Waals surface area contributed by atoms with Crippen molar-refractivity contribution in [2.45, 2.75) is 17.7 Å². The van der Waals surface area contributed by atoms with Crippen LogP contribution in [0.5, 0.6) is 0 Å². The van der Waals surface area contributed by atoms with Crippen LogP contribution in [-0.4, -0.2) is 36.3 Å². The van der Waals surface area contributed by atoms with Gasteiger partial charge in [-0.25, -0.2) is 4.79 Å². The highest BCUT2D eigenvalue weighted by Gasteiger charge is 2.32. The molecule has 0 radical (unpaired) electrons. The molecule has 1 aromatic carbocycles. The summed E-state index contributed by atoms with van der Waals surface area (Å²) >= 11 is 4.46. The zero-order valence-electron chi connectivity index (χ0n) is 9.87. The lowest BCUT2D eigenvalue weighted by atomic mass is 10.1. The molecule has 1 saturated heterocycles. The second-order valence-corrected chi connectivity index (χ2v) is 5.00. The predicted octanol–water partition coefficient (Wildman–Crippen LogP) is 1.90. The Hall–Kier alpha value is -1.00. The Kier molecular flexibility index (Phi) is 4.07. The monoisotopic (exact) mass is 251 g/mol. The Morgan fingerprint density at radius 1 is 1.47 bits per heavy atom. The number of nitrogens with zero attached hydrogens (tertiary/aromatic N) is 1. The van der Waals surface area contributed by atoms with Crippen molar-refractivity contribution >= 4 is 18.6 Å². The Morgan fingerprint density at radius 2 is 2.18 bits per heavy atom. The zero-order chi connectivity index (χ0) is 12.3. The van der Waals surface area contributed by atoms with Gasteiger partial charge < -0.3 is 4.74 Å². The van der Waals surface area contributed by atoms with E-state index in [0.29, 0.717) is 5.25 Å². The smallest absolute Gasteiger partial charge is 0.327 e. The summed E-state index contributed by atoms with van der Waals surface area (Å²) in [6.45, 7) is 1.72. The standard InChI is InChI=1S/C13H17NO2S/c1-16-13(15)12(10-5-3-2-4-6-10)14-8-7-11(17)9-14/h2-6,11-12,17H,7-9H2,1H3. The van der Waals surface area contributed by atoms with Crippen LogP contribution in [0, 0.1) is 0 Å². The number of hydrogen-bond acceptors (Lipinski definition) is 4. The molecular weight excluding hydrogens is 234 g/mol. The Labute approximate surface area is 107 Å². The van der Waals surface area contributed by atoms with Gasteiger partial charge in [0.25, 0.3) is 0 Å². The number of methoxy groups -OCH3 is 1. The summed E-state index contributed by atoms with van der Waals surface area (Å²) in [5.41, 5.74) is 0.988. The Bertz CT molecular complexity index is 382. The summed E-state index contributed by atoms with van der Waals surface area (Å²) in [6, 6.07) is 9.47. The maximum Gasteiger partial charge on any atom is 0.327 e. The van der Waals surface area contributed by atoms with Crippen LogP contribution in [0.2, 0.25) is 0 Å². The number of carbonyl (C=O) groups is 1. The minimum absolute atomic E-state index is 0.196. The Morgan fingerprint density at radius 3 is 2.71 bits per heavy atom. The highest BCUT2D eigenvalue weighted by Crippen LogP contribution is 2.27. The fourth-order valence-electron chi connectivity index (χ4n) is 2.25. The molecule has 0 aromatic heterocycles. The van der Waals surface area contributed by atoms with E-state index in [9.17, 15) is 4.79 Å². The molecule has 0 N–H and O–H groups in total. The van der Waals surface area contributed by atoms with Gasteiger partial charge in [-0.3, -0.25) is 4.90 Å². The number of hydrogen-bond donors (Lipinski definition) is 1. The molecule has 0 saturated carbocycles. The van der Waals surface area contributed by atoms with Crippen molar-refractivity contribution in [2.75, 3.05) is 20.2 Å². The van der Waals surface area contributed by atoms with E-state index in [2.05, 4.69) is 17.5 Å². The number of thiol groups is 1. The third-order valence-electron chi connectivity index (χ3n) is 3.10. The van der Waals surface area contributed by atoms with Crippen LogP contribution >= 0.6 is 12.6 Å². The lowest BCUT2D eigenvalue weighted by Crippen LogP contribution is -2.33. The number of benzene rings is 1. The van der Waals surface area contributed by atoms with Crippen molar-refractivity contribution in [2.24, 2.45) is 0 Å². The maximum absolute atomic E-state index is 11.9. The van der Waals surface area contributed by atoms with Crippen LogP contribution in [0.4, 0.5) is 0 Å². The van der Waals surface area contributed by atoms with E-state index in [1.807, 2.05) is 30.3 Å². The van der Waals surface area contributed by atoms with Gasteiger partial charge >= 0.3 is 5.97 Å². The van der Waals surface area contributed by atoms with Gasteiger partial charge in [0.05, 0.1) is 7.11 Å². The van der Waals surface area contributed by atoms with Crippen LogP contribution in [0.15, 0.2) is 30.3 Å². The molecule has 1 fully saturated rings. The molecule has 1 aliphatic rings. The average molecular weight is 251 g/mol. The van der Waals surface area contributed by atoms with E-state index < -0.39 is 0 Å². The highest BCUT2D eigenvalue weighted by atomic mass is 32.1. The molecule has 0 amide bonds. The highest BCUT2D eigenvalue weighted by molar-refractivity contribution is 7.81. The summed E-state index contributed by atoms with van der Waals surface area (Å²) in [6.07, 6.45) is 1.02. The van der Waals surface area contributed by atoms with Gasteiger partial charge in [-0.2, -0.15) is 12.6 Å². The van der Waals surface area contributed by atoms with Gasteiger partial charge in [-0.15, -0.1) is 0 Å². The fourth-order valence-corrected chi connectivity index (χ4v) is 2.57. The van der Waals surface area contributed by atoms with Gasteiger partial charge in [-0.1, -0.05) is 30.3 Å². The van der Waals surface area contributed by atoms with Gasteiger partial charge in [0.1, 0.15) is 6.04 Å². The number of esters is 1. The van der Waals surface area contributed by atoms with Crippen LogP contribution in [0.25, 0.3) is 0 Å². The summed E-state index contributed by atoms with van der Waals surface area (Å²) in [4.78, 5) is 14.1. The summed E-state index contributed by atoms with van der Waals surface area (Å²) < 4.78 is 4.91. The SMILES string of the molecule is COC(=O)C(c1ccccc1)N1CCC(S)C1. The molecule has 2 atom stereocenters. The number of rotatable bonds is 3. The van der Waals surface area contributed by atoms with Crippen LogP contribution in [-0.2, 0) is 9.53 Å². The fraction of sp³-hybridized carbons (Fsp3) is 0.462. The first-order chi connectivity index (χ1) is 8.22. The topological polar surface area (TPSA) is 29.5 Å². The first kappa shape index (κ1) is 12.5. The molecular formula is C13H17NO2S. The summed E-state index contributed by atoms with van der Waals surface area (Å²) in [5.74, 6) is -0.196. The van der Waals surface area contributed by atoms with Crippen LogP contribution < -0.4 is 0 Å². The van der Waals surface area contributed by atoms with Gasteiger partial charge in [0, 0.05) is 18.3 Å². The molecule has 1 aliphatic heterocycles. The summed E-state index contributed by atoms with van der Waals surface area (Å²) in [5, 5.41) is 0.353. The maximum atomic E-state index is 11.9. The Balaban J connectivity index is 2.23. The van der Waals surface area contributed by atoms with Crippen LogP contribution in [0.1, 0.15) is 18.0 Å². The molecule has 4 heteroatoms. The molecule has 0 bridgehead atoms. The quantitative estimate of drug-likeness (QED) is 0.657. The molecule has 2 unspecified atom stereocenters. The van der Waals surface area contributed by atoms with Crippen LogP contribution in [0.3, 0.4) is 0 Å². The minimum Gasteiger partial charge on any atom is -0.468 e. The second kappa shape index (κ2) is 5.56. The van der Waals surface area contributed by atoms with Crippen molar-refractivity contribution in [1.82, 2.24) is 4.90 Å². The molecule has 2 rings (SSSR count). The van der Waals surface area contributed by atoms with Crippen molar-refractivity contribution in [3.05, 3.63) is 35.9 Å². The van der Waals surface area contributed by atoms with E-state index in [1.54, 1.807) is 0 Å². The van der Waals surface area contributed by atoms with Crippen molar-refractivity contribution in [1.29, 1.82) is 0 Å². The second-order valence-electron chi connectivity index (χ2n) is 4.27. The van der Waals surface area contributed by atoms with E-state index in [1.165, 1.54) is 7.11 Å². The molecule has 1 heterocycles. The first-order valence-corrected chi connectivity index (χ1v) is 6.29. The van der Waals surface area contributed by atoms with Gasteiger partial charge in [0.2, 0.25) is 0 Å². The molecule has 92 valence electrons. The van der Waals surface area contributed by atoms with Gasteiger partial charge in [-0.05, 0) is 12.0 Å². The van der Waals surface area contributed by atoms with E-state index in [-0.39, 0.29) is 12.0 Å². The van der Waals surface area contributed by atoms with E-state index >= 15 is 0 Å². The predicted molar refractivity (Wildman–Crippen MR) is 70.2 cm³/mol. The number of likely N-dealkylation sites (tertiary alicyclic amines) is 1. The average Bonchev–Trinajstić information content (AvgIpc) is 2.77. The molecule has 0 spiro atoms. The molecule has 1 aromatic rings. The first-order valence-electron chi connectivity index (χ1n) is 5.77. The molecule has 3 nitrogen and oxygen atoms in total. The zero-order valence-corrected chi connectivity index (χ0v) is 10.8. The lowest BCUT2D eigenvalue weighted by molar-refractivity contribution is -0.146. The minimum atomic E-state index is -0.293. The van der Waals surface area contributed by atoms with Gasteiger partial charge in [0.15, 0.2) is 0 Å². The largest absolute Gasteiger partial charge is 0.468 e. The lowest BCUT2D eigenvalue weighted by Gasteiger charge is -2.25. The van der Waals surface area contributed by atoms with E-state index in [4.69, 9.17) is 4.74 Å². The summed E-state index contributed by atoms with van der Waals surface area (Å²) in [7, 11) is 1.44. The van der Waals surface area contributed by atoms with Crippen molar-refractivity contribution < 1.29 is 9.53 Å². The third kappa shape index (κ3) is 2.82. The van der Waals surface area contributed by atoms with Crippen molar-refractivity contribution in [3.63, 3.8) is 0 Å². The van der Waals surface area contributed by atoms with E-state index in [0.717, 1.165) is 25.1 Å².